The van der Waals surface area contributed by atoms with Gasteiger partial charge in [0.1, 0.15) is 0 Å². The molecule has 0 aliphatic rings. The Morgan fingerprint density at radius 3 is 2.77 bits per heavy atom. The predicted molar refractivity (Wildman–Crippen MR) is 54.4 cm³/mol. The third kappa shape index (κ3) is 7.28. The smallest absolute Gasteiger partial charge is 0.234 e. The molecular weight excluding hydrogens is 190 g/mol. The molecule has 0 aromatic carbocycles. The van der Waals surface area contributed by atoms with Crippen LogP contribution in [0.4, 0.5) is 0 Å². The predicted octanol–water partition coefficient (Wildman–Crippen LogP) is 2.91. The fourth-order valence-electron chi connectivity index (χ4n) is 0.629. The minimum absolute atomic E-state index is 0.276. The fraction of sp³-hybridized carbons (Fsp3) is 0.333. The lowest BCUT2D eigenvalue weighted by Crippen LogP contribution is -1.85. The third-order valence-electron chi connectivity index (χ3n) is 1.25. The normalized spacial score (nSPS) is 12.9. The molecule has 0 fully saturated rings. The van der Waals surface area contributed by atoms with Crippen LogP contribution in [0.1, 0.15) is 13.3 Å². The monoisotopic (exact) mass is 201 g/mol. The Kier molecular flexibility index (Phi) is 6.92. The van der Waals surface area contributed by atoms with Crippen molar-refractivity contribution >= 4 is 11.6 Å². The summed E-state index contributed by atoms with van der Waals surface area (Å²) in [6.45, 7) is 2.01. The van der Waals surface area contributed by atoms with E-state index in [1.165, 1.54) is 6.08 Å². The van der Waals surface area contributed by atoms with Crippen LogP contribution in [0.5, 0.6) is 0 Å². The van der Waals surface area contributed by atoms with Gasteiger partial charge >= 0.3 is 0 Å². The number of hydrogen-bond acceptors (Lipinski definition) is 2. The number of nitrogens with zero attached hydrogens (tertiary/aromatic N) is 1. The van der Waals surface area contributed by atoms with Gasteiger partial charge in [-0.15, -0.1) is 11.6 Å². The third-order valence-corrected chi connectivity index (χ3v) is 1.56. The average Bonchev–Trinajstić information content (AvgIpc) is 2.10. The zero-order valence-corrected chi connectivity index (χ0v) is 8.20. The molecule has 72 valence electrons. The Labute approximate surface area is 82.5 Å². The minimum Gasteiger partial charge on any atom is -0.259 e. The van der Waals surface area contributed by atoms with E-state index in [-0.39, 0.29) is 5.88 Å². The Bertz CT molecular complexity index is 244. The van der Waals surface area contributed by atoms with E-state index in [0.717, 1.165) is 18.2 Å². The van der Waals surface area contributed by atoms with Gasteiger partial charge in [0.25, 0.3) is 0 Å². The molecule has 0 bridgehead atoms. The number of hydrogen-bond donors (Lipinski definition) is 0. The first-order valence-corrected chi connectivity index (χ1v) is 4.47. The van der Waals surface area contributed by atoms with E-state index in [1.54, 1.807) is 6.08 Å². The number of halogens is 1. The molecule has 0 saturated heterocycles. The van der Waals surface area contributed by atoms with Crippen LogP contribution in [0.15, 0.2) is 36.1 Å². The first-order chi connectivity index (χ1) is 6.20. The summed E-state index contributed by atoms with van der Waals surface area (Å²) in [5.74, 6) is 0.276. The molecule has 0 unspecified atom stereocenters. The Balaban J connectivity index is 4.24. The fourth-order valence-corrected chi connectivity index (χ4v) is 0.807. The van der Waals surface area contributed by atoms with E-state index >= 15 is 0 Å². The molecule has 0 heterocycles. The van der Waals surface area contributed by atoms with Crippen molar-refractivity contribution in [1.29, 1.82) is 0 Å². The number of rotatable bonds is 5. The Morgan fingerprint density at radius 1 is 1.62 bits per heavy atom. The molecule has 0 atom stereocenters. The van der Waals surface area contributed by atoms with Gasteiger partial charge in [0.15, 0.2) is 0 Å². The Morgan fingerprint density at radius 2 is 2.31 bits per heavy atom. The van der Waals surface area contributed by atoms with Gasteiger partial charge in [0.05, 0.1) is 4.92 Å². The Hall–Kier alpha value is -1.09. The standard InChI is InChI=1S/C9H12ClNO2/c1-2-3-4-5-9(8-10)6-7-11(12)13/h3-7H,2,8H2,1H3/b4-3-,7-6+,9-5+. The van der Waals surface area contributed by atoms with Crippen LogP contribution < -0.4 is 0 Å². The van der Waals surface area contributed by atoms with Crippen molar-refractivity contribution in [3.8, 4) is 0 Å². The lowest BCUT2D eigenvalue weighted by atomic mass is 10.2. The molecule has 0 amide bonds. The van der Waals surface area contributed by atoms with Gasteiger partial charge in [-0.2, -0.15) is 0 Å². The number of allylic oxidation sites excluding steroid dienone is 5. The van der Waals surface area contributed by atoms with Gasteiger partial charge in [-0.05, 0) is 12.0 Å². The second-order valence-electron chi connectivity index (χ2n) is 2.31. The molecule has 3 nitrogen and oxygen atoms in total. The highest BCUT2D eigenvalue weighted by Gasteiger charge is 1.90. The zero-order valence-electron chi connectivity index (χ0n) is 7.44. The molecule has 0 aliphatic heterocycles. The minimum atomic E-state index is -0.510. The molecule has 0 aromatic heterocycles. The van der Waals surface area contributed by atoms with E-state index in [4.69, 9.17) is 11.6 Å². The van der Waals surface area contributed by atoms with E-state index in [0.29, 0.717) is 0 Å². The summed E-state index contributed by atoms with van der Waals surface area (Å²) >= 11 is 5.55. The van der Waals surface area contributed by atoms with Crippen molar-refractivity contribution < 1.29 is 4.92 Å². The summed E-state index contributed by atoms with van der Waals surface area (Å²) in [5.41, 5.74) is 0.725. The first kappa shape index (κ1) is 11.9. The van der Waals surface area contributed by atoms with Crippen LogP contribution in [-0.2, 0) is 0 Å². The lowest BCUT2D eigenvalue weighted by molar-refractivity contribution is -0.402. The molecule has 0 rings (SSSR count). The molecule has 0 radical (unpaired) electrons. The van der Waals surface area contributed by atoms with Gasteiger partial charge in [-0.3, -0.25) is 10.1 Å². The second kappa shape index (κ2) is 7.55. The lowest BCUT2D eigenvalue weighted by Gasteiger charge is -1.89. The van der Waals surface area contributed by atoms with Gasteiger partial charge in [0, 0.05) is 12.0 Å². The summed E-state index contributed by atoms with van der Waals surface area (Å²) in [4.78, 5) is 9.47. The highest BCUT2D eigenvalue weighted by atomic mass is 35.5. The highest BCUT2D eigenvalue weighted by molar-refractivity contribution is 6.19. The van der Waals surface area contributed by atoms with Crippen molar-refractivity contribution in [1.82, 2.24) is 0 Å². The second-order valence-corrected chi connectivity index (χ2v) is 2.58. The van der Waals surface area contributed by atoms with Crippen molar-refractivity contribution in [3.05, 3.63) is 46.2 Å². The maximum atomic E-state index is 9.98. The maximum Gasteiger partial charge on any atom is 0.234 e. The van der Waals surface area contributed by atoms with E-state index in [1.807, 2.05) is 19.1 Å². The SMILES string of the molecule is CC\C=C/C=C(\C=C\[N+](=O)[O-])CCl. The van der Waals surface area contributed by atoms with Crippen LogP contribution in [0, 0.1) is 10.1 Å². The summed E-state index contributed by atoms with van der Waals surface area (Å²) in [6.07, 6.45) is 8.76. The average molecular weight is 202 g/mol. The molecular formula is C9H12ClNO2. The molecule has 0 aliphatic carbocycles. The van der Waals surface area contributed by atoms with Crippen molar-refractivity contribution in [2.24, 2.45) is 0 Å². The van der Waals surface area contributed by atoms with Crippen LogP contribution >= 0.6 is 11.6 Å². The van der Waals surface area contributed by atoms with Crippen molar-refractivity contribution in [2.75, 3.05) is 5.88 Å². The first-order valence-electron chi connectivity index (χ1n) is 3.94. The molecule has 0 saturated carbocycles. The van der Waals surface area contributed by atoms with Gasteiger partial charge < -0.3 is 0 Å². The molecule has 0 spiro atoms. The summed E-state index contributed by atoms with van der Waals surface area (Å²) in [6, 6.07) is 0. The van der Waals surface area contributed by atoms with Crippen molar-refractivity contribution in [2.45, 2.75) is 13.3 Å². The molecule has 0 aromatic rings. The largest absolute Gasteiger partial charge is 0.259 e. The molecule has 0 N–H and O–H groups in total. The van der Waals surface area contributed by atoms with E-state index < -0.39 is 4.92 Å². The quantitative estimate of drug-likeness (QED) is 0.297. The van der Waals surface area contributed by atoms with Gasteiger partial charge in [-0.25, -0.2) is 0 Å². The summed E-state index contributed by atoms with van der Waals surface area (Å²) in [7, 11) is 0. The number of alkyl halides is 1. The van der Waals surface area contributed by atoms with Crippen LogP contribution in [0.3, 0.4) is 0 Å². The van der Waals surface area contributed by atoms with Crippen LogP contribution in [0.2, 0.25) is 0 Å². The van der Waals surface area contributed by atoms with Gasteiger partial charge in [0.2, 0.25) is 6.20 Å². The number of nitro groups is 1. The van der Waals surface area contributed by atoms with E-state index in [2.05, 4.69) is 0 Å². The summed E-state index contributed by atoms with van der Waals surface area (Å²) < 4.78 is 0. The van der Waals surface area contributed by atoms with E-state index in [9.17, 15) is 10.1 Å². The highest BCUT2D eigenvalue weighted by Crippen LogP contribution is 2.00. The van der Waals surface area contributed by atoms with Crippen molar-refractivity contribution in [3.63, 3.8) is 0 Å². The maximum absolute atomic E-state index is 9.98. The topological polar surface area (TPSA) is 43.1 Å². The summed E-state index contributed by atoms with van der Waals surface area (Å²) in [5, 5.41) is 9.98. The van der Waals surface area contributed by atoms with Crippen LogP contribution in [-0.4, -0.2) is 10.8 Å². The molecule has 13 heavy (non-hydrogen) atoms. The molecule has 4 heteroatoms. The zero-order chi connectivity index (χ0) is 10.1. The van der Waals surface area contributed by atoms with Gasteiger partial charge in [-0.1, -0.05) is 25.2 Å². The van der Waals surface area contributed by atoms with Crippen LogP contribution in [0.25, 0.3) is 0 Å².